The van der Waals surface area contributed by atoms with Crippen LogP contribution in [0.4, 0.5) is 0 Å². The van der Waals surface area contributed by atoms with Crippen molar-refractivity contribution >= 4 is 11.6 Å². The van der Waals surface area contributed by atoms with Crippen LogP contribution in [0.1, 0.15) is 10.4 Å². The number of hydrogen-bond donors (Lipinski definition) is 0. The van der Waals surface area contributed by atoms with Gasteiger partial charge < -0.3 is 9.30 Å². The van der Waals surface area contributed by atoms with Crippen LogP contribution in [0.3, 0.4) is 0 Å². The number of imidazole rings is 1. The Labute approximate surface area is 137 Å². The number of fused-ring (bicyclic) bond motifs is 1. The van der Waals surface area contributed by atoms with Crippen LogP contribution in [-0.2, 0) is 4.74 Å². The quantitative estimate of drug-likeness (QED) is 0.542. The first-order valence-corrected chi connectivity index (χ1v) is 7.28. The molecule has 1 aromatic carbocycles. The lowest BCUT2D eigenvalue weighted by Gasteiger charge is -2.02. The number of benzene rings is 1. The summed E-state index contributed by atoms with van der Waals surface area (Å²) < 4.78 is 8.21. The zero-order valence-electron chi connectivity index (χ0n) is 12.8. The normalized spacial score (nSPS) is 10.9. The maximum Gasteiger partial charge on any atom is 0.339 e. The van der Waals surface area contributed by atoms with E-state index in [1.54, 1.807) is 35.4 Å². The Kier molecular flexibility index (Phi) is 3.31. The summed E-state index contributed by atoms with van der Waals surface area (Å²) in [5.74, 6) is 0.188. The number of ether oxygens (including phenoxy) is 1. The highest BCUT2D eigenvalue weighted by Gasteiger charge is 2.10. The van der Waals surface area contributed by atoms with Crippen LogP contribution >= 0.6 is 0 Å². The van der Waals surface area contributed by atoms with Crippen molar-refractivity contribution in [3.8, 4) is 17.1 Å². The maximum absolute atomic E-state index is 11.6. The Balaban J connectivity index is 1.70. The molecule has 3 aromatic heterocycles. The Morgan fingerprint density at radius 1 is 1.12 bits per heavy atom. The van der Waals surface area contributed by atoms with Gasteiger partial charge in [-0.3, -0.25) is 0 Å². The van der Waals surface area contributed by atoms with Gasteiger partial charge in [0.15, 0.2) is 11.5 Å². The minimum absolute atomic E-state index is 0.404. The number of hydrogen-bond acceptors (Lipinski definition) is 5. The second-order valence-electron chi connectivity index (χ2n) is 5.16. The molecule has 4 rings (SSSR count). The molecule has 0 saturated heterocycles. The summed E-state index contributed by atoms with van der Waals surface area (Å²) in [6, 6.07) is 11.3. The Morgan fingerprint density at radius 2 is 1.96 bits per heavy atom. The van der Waals surface area contributed by atoms with Gasteiger partial charge in [0.2, 0.25) is 0 Å². The number of methoxy groups -OCH3 is 1. The topological polar surface area (TPSA) is 74.3 Å². The lowest BCUT2D eigenvalue weighted by Crippen LogP contribution is -2.03. The van der Waals surface area contributed by atoms with Crippen LogP contribution in [0, 0.1) is 0 Å². The predicted molar refractivity (Wildman–Crippen MR) is 86.9 cm³/mol. The van der Waals surface area contributed by atoms with Crippen molar-refractivity contribution < 1.29 is 9.53 Å². The highest BCUT2D eigenvalue weighted by molar-refractivity contribution is 5.89. The molecule has 0 radical (unpaired) electrons. The molecule has 7 nitrogen and oxygen atoms in total. The van der Waals surface area contributed by atoms with Crippen LogP contribution in [0.25, 0.3) is 22.7 Å². The lowest BCUT2D eigenvalue weighted by molar-refractivity contribution is 0.0600. The summed E-state index contributed by atoms with van der Waals surface area (Å²) in [6.07, 6.45) is 6.97. The SMILES string of the molecule is COC(=O)c1ccc2nc(-c3ccc(-n4ccnc4)cc3)nn2c1. The minimum Gasteiger partial charge on any atom is -0.465 e. The molecule has 0 N–H and O–H groups in total. The first kappa shape index (κ1) is 14.1. The second-order valence-corrected chi connectivity index (χ2v) is 5.16. The summed E-state index contributed by atoms with van der Waals surface area (Å²) >= 11 is 0. The van der Waals surface area contributed by atoms with E-state index in [1.807, 2.05) is 35.0 Å². The molecule has 4 aromatic rings. The van der Waals surface area contributed by atoms with Gasteiger partial charge in [0.25, 0.3) is 0 Å². The van der Waals surface area contributed by atoms with Gasteiger partial charge in [-0.1, -0.05) is 0 Å². The third-order valence-electron chi connectivity index (χ3n) is 3.68. The number of aromatic nitrogens is 5. The maximum atomic E-state index is 11.6. The molecular formula is C17H13N5O2. The largest absolute Gasteiger partial charge is 0.465 e. The van der Waals surface area contributed by atoms with E-state index in [2.05, 4.69) is 15.1 Å². The standard InChI is InChI=1S/C17H13N5O2/c1-24-17(23)13-4-7-15-19-16(20-22(15)10-13)12-2-5-14(6-3-12)21-9-8-18-11-21/h2-11H,1H3. The molecule has 0 bridgehead atoms. The van der Waals surface area contributed by atoms with Gasteiger partial charge in [-0.15, -0.1) is 5.10 Å². The molecule has 0 atom stereocenters. The molecule has 24 heavy (non-hydrogen) atoms. The fourth-order valence-electron chi connectivity index (χ4n) is 2.44. The molecule has 0 fully saturated rings. The molecule has 0 aliphatic carbocycles. The summed E-state index contributed by atoms with van der Waals surface area (Å²) in [7, 11) is 1.35. The summed E-state index contributed by atoms with van der Waals surface area (Å²) in [6.45, 7) is 0. The zero-order chi connectivity index (χ0) is 16.5. The zero-order valence-corrected chi connectivity index (χ0v) is 12.8. The summed E-state index contributed by atoms with van der Waals surface area (Å²) in [4.78, 5) is 20.1. The molecule has 118 valence electrons. The molecule has 0 saturated carbocycles. The number of carbonyl (C=O) groups is 1. The van der Waals surface area contributed by atoms with Crippen LogP contribution in [0.2, 0.25) is 0 Å². The Bertz CT molecular complexity index is 1000. The van der Waals surface area contributed by atoms with Crippen LogP contribution in [0.5, 0.6) is 0 Å². The molecular weight excluding hydrogens is 306 g/mol. The van der Waals surface area contributed by atoms with Crippen LogP contribution < -0.4 is 0 Å². The Hall–Kier alpha value is -3.48. The van der Waals surface area contributed by atoms with Crippen molar-refractivity contribution in [1.29, 1.82) is 0 Å². The smallest absolute Gasteiger partial charge is 0.339 e. The van der Waals surface area contributed by atoms with Gasteiger partial charge in [-0.05, 0) is 36.4 Å². The molecule has 0 unspecified atom stereocenters. The number of rotatable bonds is 3. The van der Waals surface area contributed by atoms with Crippen LogP contribution in [-0.4, -0.2) is 37.2 Å². The summed E-state index contributed by atoms with van der Waals surface area (Å²) in [5, 5.41) is 4.43. The second kappa shape index (κ2) is 5.62. The van der Waals surface area contributed by atoms with Gasteiger partial charge in [0.05, 0.1) is 19.0 Å². The Morgan fingerprint density at radius 3 is 2.67 bits per heavy atom. The van der Waals surface area contributed by atoms with Crippen molar-refractivity contribution in [2.24, 2.45) is 0 Å². The average molecular weight is 319 g/mol. The van der Waals surface area contributed by atoms with Crippen molar-refractivity contribution in [3.05, 3.63) is 66.9 Å². The fraction of sp³-hybridized carbons (Fsp3) is 0.0588. The number of esters is 1. The van der Waals surface area contributed by atoms with Crippen molar-refractivity contribution in [1.82, 2.24) is 24.1 Å². The number of carbonyl (C=O) groups excluding carboxylic acids is 1. The predicted octanol–water partition coefficient (Wildman–Crippen LogP) is 2.37. The molecule has 7 heteroatoms. The van der Waals surface area contributed by atoms with E-state index in [1.165, 1.54) is 7.11 Å². The highest BCUT2D eigenvalue weighted by atomic mass is 16.5. The first-order valence-electron chi connectivity index (χ1n) is 7.28. The molecule has 0 amide bonds. The van der Waals surface area contributed by atoms with E-state index >= 15 is 0 Å². The highest BCUT2D eigenvalue weighted by Crippen LogP contribution is 2.19. The minimum atomic E-state index is -0.404. The van der Waals surface area contributed by atoms with Crippen molar-refractivity contribution in [2.75, 3.05) is 7.11 Å². The van der Waals surface area contributed by atoms with Gasteiger partial charge in [0.1, 0.15) is 0 Å². The van der Waals surface area contributed by atoms with Crippen molar-refractivity contribution in [3.63, 3.8) is 0 Å². The lowest BCUT2D eigenvalue weighted by atomic mass is 10.2. The molecule has 3 heterocycles. The number of pyridine rings is 1. The fourth-order valence-corrected chi connectivity index (χ4v) is 2.44. The van der Waals surface area contributed by atoms with E-state index in [0.29, 0.717) is 17.0 Å². The van der Waals surface area contributed by atoms with Gasteiger partial charge >= 0.3 is 5.97 Å². The van der Waals surface area contributed by atoms with Crippen LogP contribution in [0.15, 0.2) is 61.3 Å². The molecule has 0 aliphatic rings. The van der Waals surface area contributed by atoms with E-state index in [-0.39, 0.29) is 0 Å². The van der Waals surface area contributed by atoms with Gasteiger partial charge in [-0.25, -0.2) is 19.3 Å². The van der Waals surface area contributed by atoms with E-state index in [9.17, 15) is 4.79 Å². The van der Waals surface area contributed by atoms with E-state index in [4.69, 9.17) is 4.74 Å². The van der Waals surface area contributed by atoms with Crippen molar-refractivity contribution in [2.45, 2.75) is 0 Å². The summed E-state index contributed by atoms with van der Waals surface area (Å²) in [5.41, 5.74) is 2.99. The van der Waals surface area contributed by atoms with Gasteiger partial charge in [-0.2, -0.15) is 0 Å². The molecule has 0 spiro atoms. The van der Waals surface area contributed by atoms with E-state index in [0.717, 1.165) is 11.3 Å². The average Bonchev–Trinajstić information content (AvgIpc) is 3.30. The third-order valence-corrected chi connectivity index (χ3v) is 3.68. The molecule has 0 aliphatic heterocycles. The number of nitrogens with zero attached hydrogens (tertiary/aromatic N) is 5. The first-order chi connectivity index (χ1) is 11.7. The van der Waals surface area contributed by atoms with Gasteiger partial charge in [0, 0.05) is 29.8 Å². The van der Waals surface area contributed by atoms with E-state index < -0.39 is 5.97 Å². The third kappa shape index (κ3) is 2.41. The monoisotopic (exact) mass is 319 g/mol.